The molecule has 0 saturated carbocycles. The first-order valence-corrected chi connectivity index (χ1v) is 5.87. The Morgan fingerprint density at radius 3 is 2.35 bits per heavy atom. The van der Waals surface area contributed by atoms with Crippen LogP contribution in [0.15, 0.2) is 24.3 Å². The second kappa shape index (κ2) is 5.95. The lowest BCUT2D eigenvalue weighted by Crippen LogP contribution is -2.04. The molecule has 0 saturated heterocycles. The number of carbonyl (C=O) groups excluding carboxylic acids is 1. The topological polar surface area (TPSA) is 26.3 Å². The first kappa shape index (κ1) is 13.9. The lowest BCUT2D eigenvalue weighted by Gasteiger charge is -2.06. The van der Waals surface area contributed by atoms with Crippen molar-refractivity contribution in [3.63, 3.8) is 0 Å². The zero-order valence-corrected chi connectivity index (χ0v) is 9.90. The van der Waals surface area contributed by atoms with Gasteiger partial charge < -0.3 is 4.74 Å². The zero-order chi connectivity index (χ0) is 12.9. The molecule has 6 heteroatoms. The highest BCUT2D eigenvalue weighted by molar-refractivity contribution is 7.99. The van der Waals surface area contributed by atoms with Crippen LogP contribution in [0.25, 0.3) is 0 Å². The summed E-state index contributed by atoms with van der Waals surface area (Å²) in [7, 11) is 0. The fraction of sp³-hybridized carbons (Fsp3) is 0.364. The number of thioether (sulfide) groups is 1. The summed E-state index contributed by atoms with van der Waals surface area (Å²) in [5.74, 6) is -0.630. The van der Waals surface area contributed by atoms with E-state index in [1.54, 1.807) is 6.92 Å². The van der Waals surface area contributed by atoms with E-state index in [1.165, 1.54) is 24.3 Å². The molecular weight excluding hydrogens is 253 g/mol. The Morgan fingerprint density at radius 1 is 1.29 bits per heavy atom. The number of halogens is 3. The summed E-state index contributed by atoms with van der Waals surface area (Å²) in [4.78, 5) is 11.3. The quantitative estimate of drug-likeness (QED) is 0.777. The van der Waals surface area contributed by atoms with Crippen molar-refractivity contribution in [1.82, 2.24) is 0 Å². The second-order valence-electron chi connectivity index (χ2n) is 3.15. The fourth-order valence-electron chi connectivity index (χ4n) is 1.12. The molecule has 0 atom stereocenters. The number of benzene rings is 1. The Morgan fingerprint density at radius 2 is 1.88 bits per heavy atom. The molecule has 0 N–H and O–H groups in total. The van der Waals surface area contributed by atoms with Gasteiger partial charge >= 0.3 is 11.5 Å². The number of rotatable bonds is 4. The van der Waals surface area contributed by atoms with Gasteiger partial charge in [-0.3, -0.25) is 0 Å². The number of esters is 1. The van der Waals surface area contributed by atoms with Crippen LogP contribution in [0, 0.1) is 0 Å². The summed E-state index contributed by atoms with van der Waals surface area (Å²) >= 11 is -0.105. The van der Waals surface area contributed by atoms with E-state index in [0.717, 1.165) is 0 Å². The SMILES string of the molecule is CCOC(=O)c1ccc(CSC(F)(F)F)cc1. The minimum absolute atomic E-state index is 0.105. The van der Waals surface area contributed by atoms with Gasteiger partial charge in [0.1, 0.15) is 0 Å². The lowest BCUT2D eigenvalue weighted by molar-refractivity contribution is -0.0329. The summed E-state index contributed by atoms with van der Waals surface area (Å²) in [6, 6.07) is 5.91. The molecular formula is C11H11F3O2S. The maximum absolute atomic E-state index is 11.9. The molecule has 0 aliphatic rings. The van der Waals surface area contributed by atoms with E-state index in [-0.39, 0.29) is 24.1 Å². The van der Waals surface area contributed by atoms with Crippen LogP contribution in [0.1, 0.15) is 22.8 Å². The van der Waals surface area contributed by atoms with Crippen LogP contribution in [-0.2, 0) is 10.5 Å². The third kappa shape index (κ3) is 5.12. The van der Waals surface area contributed by atoms with Crippen molar-refractivity contribution in [2.45, 2.75) is 18.2 Å². The smallest absolute Gasteiger partial charge is 0.442 e. The Kier molecular flexibility index (Phi) is 4.86. The summed E-state index contributed by atoms with van der Waals surface area (Å²) < 4.78 is 40.6. The van der Waals surface area contributed by atoms with Crippen molar-refractivity contribution < 1.29 is 22.7 Å². The molecule has 0 heterocycles. The van der Waals surface area contributed by atoms with Crippen molar-refractivity contribution in [1.29, 1.82) is 0 Å². The molecule has 0 aliphatic heterocycles. The molecule has 94 valence electrons. The Hall–Kier alpha value is -1.17. The maximum atomic E-state index is 11.9. The summed E-state index contributed by atoms with van der Waals surface area (Å²) in [6.45, 7) is 1.96. The van der Waals surface area contributed by atoms with E-state index in [0.29, 0.717) is 11.1 Å². The zero-order valence-electron chi connectivity index (χ0n) is 9.08. The average Bonchev–Trinajstić information content (AvgIpc) is 2.26. The van der Waals surface area contributed by atoms with E-state index in [4.69, 9.17) is 4.74 Å². The average molecular weight is 264 g/mol. The molecule has 0 aromatic heterocycles. The molecule has 0 fully saturated rings. The van der Waals surface area contributed by atoms with Gasteiger partial charge in [0.05, 0.1) is 12.2 Å². The molecule has 0 spiro atoms. The van der Waals surface area contributed by atoms with Crippen LogP contribution < -0.4 is 0 Å². The number of ether oxygens (including phenoxy) is 1. The predicted octanol–water partition coefficient (Wildman–Crippen LogP) is 3.62. The molecule has 0 unspecified atom stereocenters. The van der Waals surface area contributed by atoms with Crippen LogP contribution in [0.3, 0.4) is 0 Å². The van der Waals surface area contributed by atoms with Gasteiger partial charge in [-0.25, -0.2) is 4.79 Å². The first-order valence-electron chi connectivity index (χ1n) is 4.89. The summed E-state index contributed by atoms with van der Waals surface area (Å²) in [6.07, 6.45) is 0. The summed E-state index contributed by atoms with van der Waals surface area (Å²) in [5, 5.41) is 0. The van der Waals surface area contributed by atoms with Gasteiger partial charge in [0.15, 0.2) is 0 Å². The van der Waals surface area contributed by atoms with Gasteiger partial charge in [0, 0.05) is 5.75 Å². The minimum Gasteiger partial charge on any atom is -0.462 e. The normalized spacial score (nSPS) is 11.3. The monoisotopic (exact) mass is 264 g/mol. The van der Waals surface area contributed by atoms with Crippen LogP contribution in [0.4, 0.5) is 13.2 Å². The molecule has 17 heavy (non-hydrogen) atoms. The highest BCUT2D eigenvalue weighted by atomic mass is 32.2. The molecule has 1 aromatic carbocycles. The van der Waals surface area contributed by atoms with Gasteiger partial charge in [0.25, 0.3) is 0 Å². The van der Waals surface area contributed by atoms with Crippen LogP contribution in [-0.4, -0.2) is 18.1 Å². The molecule has 0 amide bonds. The highest BCUT2D eigenvalue weighted by Gasteiger charge is 2.27. The van der Waals surface area contributed by atoms with Gasteiger partial charge in [0.2, 0.25) is 0 Å². The van der Waals surface area contributed by atoms with Crippen molar-refractivity contribution in [3.05, 3.63) is 35.4 Å². The predicted molar refractivity (Wildman–Crippen MR) is 59.7 cm³/mol. The van der Waals surface area contributed by atoms with E-state index in [1.807, 2.05) is 0 Å². The minimum atomic E-state index is -4.24. The van der Waals surface area contributed by atoms with Crippen molar-refractivity contribution in [3.8, 4) is 0 Å². The molecule has 1 rings (SSSR count). The van der Waals surface area contributed by atoms with Crippen LogP contribution >= 0.6 is 11.8 Å². The van der Waals surface area contributed by atoms with Crippen LogP contribution in [0.5, 0.6) is 0 Å². The fourth-order valence-corrected chi connectivity index (χ4v) is 1.64. The van der Waals surface area contributed by atoms with Crippen molar-refractivity contribution in [2.75, 3.05) is 6.61 Å². The van der Waals surface area contributed by atoms with Crippen LogP contribution in [0.2, 0.25) is 0 Å². The molecule has 2 nitrogen and oxygen atoms in total. The molecule has 0 aliphatic carbocycles. The number of hydrogen-bond donors (Lipinski definition) is 0. The molecule has 0 bridgehead atoms. The van der Waals surface area contributed by atoms with Gasteiger partial charge in [-0.15, -0.1) is 0 Å². The number of hydrogen-bond acceptors (Lipinski definition) is 3. The van der Waals surface area contributed by atoms with E-state index in [9.17, 15) is 18.0 Å². The lowest BCUT2D eigenvalue weighted by atomic mass is 10.1. The van der Waals surface area contributed by atoms with E-state index in [2.05, 4.69) is 0 Å². The van der Waals surface area contributed by atoms with E-state index >= 15 is 0 Å². The van der Waals surface area contributed by atoms with Crippen molar-refractivity contribution >= 4 is 17.7 Å². The maximum Gasteiger partial charge on any atom is 0.442 e. The van der Waals surface area contributed by atoms with E-state index < -0.39 is 11.5 Å². The standard InChI is InChI=1S/C11H11F3O2S/c1-2-16-10(15)9-5-3-8(4-6-9)7-17-11(12,13)14/h3-6H,2,7H2,1H3. The second-order valence-corrected chi connectivity index (χ2v) is 4.19. The third-order valence-electron chi connectivity index (χ3n) is 1.87. The number of alkyl halides is 3. The highest BCUT2D eigenvalue weighted by Crippen LogP contribution is 2.32. The molecule has 0 radical (unpaired) electrons. The Labute approximate surface area is 101 Å². The molecule has 1 aromatic rings. The van der Waals surface area contributed by atoms with Gasteiger partial charge in [-0.05, 0) is 36.4 Å². The summed E-state index contributed by atoms with van der Waals surface area (Å²) in [5.41, 5.74) is -3.38. The van der Waals surface area contributed by atoms with Crippen molar-refractivity contribution in [2.24, 2.45) is 0 Å². The largest absolute Gasteiger partial charge is 0.462 e. The third-order valence-corrected chi connectivity index (χ3v) is 2.67. The van der Waals surface area contributed by atoms with Gasteiger partial charge in [-0.1, -0.05) is 12.1 Å². The first-order chi connectivity index (χ1) is 7.92. The number of carbonyl (C=O) groups is 1. The van der Waals surface area contributed by atoms with Gasteiger partial charge in [-0.2, -0.15) is 13.2 Å². The Bertz CT molecular complexity index is 373. The Balaban J connectivity index is 2.59.